The molecule has 0 fully saturated rings. The summed E-state index contributed by atoms with van der Waals surface area (Å²) in [6.45, 7) is 3.06. The molecule has 0 aliphatic carbocycles. The van der Waals surface area contributed by atoms with Crippen LogP contribution in [0.2, 0.25) is 0 Å². The second-order valence-corrected chi connectivity index (χ2v) is 3.11. The van der Waals surface area contributed by atoms with Gasteiger partial charge in [-0.3, -0.25) is 4.55 Å². The first-order valence-corrected chi connectivity index (χ1v) is 3.98. The molecule has 7 heteroatoms. The fraction of sp³-hybridized carbons (Fsp3) is 0.750. The van der Waals surface area contributed by atoms with Crippen molar-refractivity contribution >= 4 is 15.9 Å². The first kappa shape index (κ1) is 22.4. The molecule has 72 valence electrons. The van der Waals surface area contributed by atoms with Gasteiger partial charge in [-0.1, -0.05) is 0 Å². The Hall–Kier alpha value is -0.500. The lowest BCUT2D eigenvalue weighted by molar-refractivity contribution is -0.114. The predicted molar refractivity (Wildman–Crippen MR) is 41.1 cm³/mol. The van der Waals surface area contributed by atoms with E-state index in [2.05, 4.69) is 0 Å². The van der Waals surface area contributed by atoms with E-state index in [9.17, 15) is 13.2 Å². The maximum atomic E-state index is 9.44. The van der Waals surface area contributed by atoms with Gasteiger partial charge in [-0.25, -0.2) is 0 Å². The normalized spacial score (nSPS) is 7.64. The van der Waals surface area contributed by atoms with Gasteiger partial charge in [-0.15, -0.1) is 0 Å². The van der Waals surface area contributed by atoms with Gasteiger partial charge < -0.3 is 15.7 Å². The molecule has 0 heterocycles. The molecule has 0 saturated carbocycles. The van der Waals surface area contributed by atoms with Gasteiger partial charge in [0, 0.05) is 0 Å². The summed E-state index contributed by atoms with van der Waals surface area (Å²) in [6.07, 6.45) is 0.715. The van der Waals surface area contributed by atoms with Gasteiger partial charge >= 0.3 is 0 Å². The largest absolute Gasteiger partial charge is 0.412 e. The molecule has 0 rings (SSSR count). The maximum Gasteiger partial charge on any atom is 0.261 e. The van der Waals surface area contributed by atoms with Gasteiger partial charge in [0.15, 0.2) is 0 Å². The molecule has 0 atom stereocenters. The van der Waals surface area contributed by atoms with Crippen LogP contribution in [-0.2, 0) is 14.9 Å². The zero-order valence-corrected chi connectivity index (χ0v) is 7.40. The zero-order valence-electron chi connectivity index (χ0n) is 6.58. The Labute approximate surface area is 65.6 Å². The third-order valence-corrected chi connectivity index (χ3v) is 0. The minimum atomic E-state index is -3.67. The van der Waals surface area contributed by atoms with Crippen LogP contribution in [0.5, 0.6) is 0 Å². The Morgan fingerprint density at radius 3 is 1.18 bits per heavy atom. The van der Waals surface area contributed by atoms with Gasteiger partial charge in [0.1, 0.15) is 5.78 Å². The number of rotatable bonds is 0. The molecule has 5 N–H and O–H groups in total. The van der Waals surface area contributed by atoms with E-state index in [1.54, 1.807) is 0 Å². The highest BCUT2D eigenvalue weighted by molar-refractivity contribution is 7.85. The van der Waals surface area contributed by atoms with E-state index >= 15 is 0 Å². The number of hydrogen-bond donors (Lipinski definition) is 1. The molecule has 0 aromatic rings. The topological polar surface area (TPSA) is 134 Å². The van der Waals surface area contributed by atoms with E-state index in [-0.39, 0.29) is 16.7 Å². The first-order chi connectivity index (χ1) is 3.73. The first-order valence-electron chi connectivity index (χ1n) is 2.13. The van der Waals surface area contributed by atoms with Crippen LogP contribution in [0.15, 0.2) is 0 Å². The van der Waals surface area contributed by atoms with Crippen molar-refractivity contribution in [3.8, 4) is 0 Å². The quantitative estimate of drug-likeness (QED) is 0.462. The van der Waals surface area contributed by atoms with Crippen LogP contribution in [0.1, 0.15) is 13.8 Å². The number of Topliss-reactive ketones (excluding diaryl/α,β-unsaturated/α-hetero) is 1. The summed E-state index contributed by atoms with van der Waals surface area (Å²) in [6, 6.07) is 0. The molecule has 0 saturated heterocycles. The SMILES string of the molecule is CC(C)=O.CS(=O)(=O)O.O.O. The molecule has 0 amide bonds. The lowest BCUT2D eigenvalue weighted by Crippen LogP contribution is -1.88. The van der Waals surface area contributed by atoms with Crippen molar-refractivity contribution in [2.75, 3.05) is 6.26 Å². The second-order valence-electron chi connectivity index (χ2n) is 1.64. The van der Waals surface area contributed by atoms with Crippen molar-refractivity contribution < 1.29 is 28.7 Å². The van der Waals surface area contributed by atoms with Crippen molar-refractivity contribution in [2.24, 2.45) is 0 Å². The van der Waals surface area contributed by atoms with Crippen LogP contribution in [0.25, 0.3) is 0 Å². The fourth-order valence-electron chi connectivity index (χ4n) is 0. The summed E-state index contributed by atoms with van der Waals surface area (Å²) in [5.41, 5.74) is 0. The van der Waals surface area contributed by atoms with E-state index in [1.165, 1.54) is 13.8 Å². The molecule has 0 aliphatic rings. The Kier molecular flexibility index (Phi) is 19.4. The van der Waals surface area contributed by atoms with E-state index in [0.29, 0.717) is 6.26 Å². The molecule has 11 heavy (non-hydrogen) atoms. The van der Waals surface area contributed by atoms with E-state index in [4.69, 9.17) is 4.55 Å². The lowest BCUT2D eigenvalue weighted by atomic mass is 10.6. The summed E-state index contributed by atoms with van der Waals surface area (Å²) < 4.78 is 25.9. The van der Waals surface area contributed by atoms with Crippen LogP contribution in [0.3, 0.4) is 0 Å². The minimum absolute atomic E-state index is 0. The van der Waals surface area contributed by atoms with E-state index in [1.807, 2.05) is 0 Å². The molecule has 0 bridgehead atoms. The average Bonchev–Trinajstić information content (AvgIpc) is 1.19. The van der Waals surface area contributed by atoms with Gasteiger partial charge in [0.25, 0.3) is 10.1 Å². The molecule has 6 nitrogen and oxygen atoms in total. The Bertz CT molecular complexity index is 157. The standard InChI is InChI=1S/C3H6O.CH4O3S.2H2O/c1-3(2)4;1-5(2,3)4;;/h1-2H3;1H3,(H,2,3,4);2*1H2. The minimum Gasteiger partial charge on any atom is -0.412 e. The zero-order chi connectivity index (χ0) is 8.08. The van der Waals surface area contributed by atoms with Crippen LogP contribution in [0.4, 0.5) is 0 Å². The summed E-state index contributed by atoms with van der Waals surface area (Å²) in [5.74, 6) is 0.167. The monoisotopic (exact) mass is 190 g/mol. The molecular weight excluding hydrogens is 176 g/mol. The van der Waals surface area contributed by atoms with Crippen LogP contribution in [0, 0.1) is 0 Å². The van der Waals surface area contributed by atoms with Gasteiger partial charge in [0.05, 0.1) is 6.26 Å². The van der Waals surface area contributed by atoms with Crippen LogP contribution < -0.4 is 0 Å². The highest BCUT2D eigenvalue weighted by atomic mass is 32.2. The molecule has 0 unspecified atom stereocenters. The number of ketones is 1. The van der Waals surface area contributed by atoms with Crippen molar-refractivity contribution in [1.82, 2.24) is 0 Å². The van der Waals surface area contributed by atoms with Crippen molar-refractivity contribution in [3.05, 3.63) is 0 Å². The molecule has 0 aromatic heterocycles. The molecule has 0 aliphatic heterocycles. The highest BCUT2D eigenvalue weighted by Crippen LogP contribution is 1.60. The van der Waals surface area contributed by atoms with E-state index < -0.39 is 10.1 Å². The second kappa shape index (κ2) is 9.50. The molecular formula is C4H14O6S. The smallest absolute Gasteiger partial charge is 0.261 e. The Balaban J connectivity index is -0.0000000383. The van der Waals surface area contributed by atoms with Crippen LogP contribution in [-0.4, -0.2) is 36.0 Å². The number of carbonyl (C=O) groups excluding carboxylic acids is 1. The summed E-state index contributed by atoms with van der Waals surface area (Å²) in [7, 11) is -3.67. The fourth-order valence-corrected chi connectivity index (χ4v) is 0. The summed E-state index contributed by atoms with van der Waals surface area (Å²) in [4.78, 5) is 9.44. The summed E-state index contributed by atoms with van der Waals surface area (Å²) in [5, 5.41) is 0. The number of hydrogen-bond acceptors (Lipinski definition) is 3. The van der Waals surface area contributed by atoms with Gasteiger partial charge in [-0.05, 0) is 13.8 Å². The molecule has 0 aromatic carbocycles. The predicted octanol–water partition coefficient (Wildman–Crippen LogP) is -1.55. The van der Waals surface area contributed by atoms with Gasteiger partial charge in [-0.2, -0.15) is 8.42 Å². The summed E-state index contributed by atoms with van der Waals surface area (Å²) >= 11 is 0. The van der Waals surface area contributed by atoms with Crippen LogP contribution >= 0.6 is 0 Å². The Morgan fingerprint density at radius 1 is 1.18 bits per heavy atom. The van der Waals surface area contributed by atoms with Crippen molar-refractivity contribution in [2.45, 2.75) is 13.8 Å². The van der Waals surface area contributed by atoms with Crippen molar-refractivity contribution in [1.29, 1.82) is 0 Å². The van der Waals surface area contributed by atoms with E-state index in [0.717, 1.165) is 0 Å². The van der Waals surface area contributed by atoms with Gasteiger partial charge in [0.2, 0.25) is 0 Å². The third-order valence-electron chi connectivity index (χ3n) is 0. The maximum absolute atomic E-state index is 9.44. The third kappa shape index (κ3) is 2140. The lowest BCUT2D eigenvalue weighted by Gasteiger charge is -1.69. The van der Waals surface area contributed by atoms with Crippen molar-refractivity contribution in [3.63, 3.8) is 0 Å². The number of carbonyl (C=O) groups is 1. The Morgan fingerprint density at radius 2 is 1.18 bits per heavy atom. The molecule has 0 radical (unpaired) electrons. The average molecular weight is 190 g/mol. The highest BCUT2D eigenvalue weighted by Gasteiger charge is 1.81. The molecule has 0 spiro atoms.